The molecule has 4 aromatic rings. The second kappa shape index (κ2) is 14.1. The largest absolute Gasteiger partial charge is 0.496 e. The third kappa shape index (κ3) is 6.07. The maximum atomic E-state index is 6.52. The summed E-state index contributed by atoms with van der Waals surface area (Å²) in [5.41, 5.74) is 6.52. The molecule has 1 saturated heterocycles. The molecular weight excluding hydrogens is 785 g/mol. The fourth-order valence-electron chi connectivity index (χ4n) is 9.15. The van der Waals surface area contributed by atoms with E-state index in [4.69, 9.17) is 61.6 Å². The number of rotatable bonds is 6. The molecule has 0 spiro atoms. The quantitative estimate of drug-likeness (QED) is 0.173. The summed E-state index contributed by atoms with van der Waals surface area (Å²) in [6, 6.07) is 15.4. The average molecular weight is 833 g/mol. The zero-order chi connectivity index (χ0) is 42.5. The summed E-state index contributed by atoms with van der Waals surface area (Å²) in [5.74, 6) is 8.50. The van der Waals surface area contributed by atoms with Gasteiger partial charge in [-0.2, -0.15) is 0 Å². The molecule has 2 unspecified atom stereocenters. The van der Waals surface area contributed by atoms with E-state index in [1.807, 2.05) is 82.3 Å². The van der Waals surface area contributed by atoms with Crippen LogP contribution in [0.5, 0.6) is 57.5 Å². The molecule has 7 heterocycles. The zero-order valence-corrected chi connectivity index (χ0v) is 35.8. The number of fused-ring (bicyclic) bond motifs is 14. The van der Waals surface area contributed by atoms with Crippen molar-refractivity contribution in [2.45, 2.75) is 63.3 Å². The molecule has 7 aliphatic heterocycles. The predicted octanol–water partition coefficient (Wildman–Crippen LogP) is 8.54. The number of benzene rings is 4. The Kier molecular flexibility index (Phi) is 8.99. The third-order valence-corrected chi connectivity index (χ3v) is 12.1. The first-order valence-corrected chi connectivity index (χ1v) is 20.2. The van der Waals surface area contributed by atoms with Gasteiger partial charge in [0.1, 0.15) is 82.6 Å². The van der Waals surface area contributed by atoms with Gasteiger partial charge in [-0.25, -0.2) is 0 Å². The van der Waals surface area contributed by atoms with E-state index >= 15 is 0 Å². The highest BCUT2D eigenvalue weighted by atomic mass is 16.6. The van der Waals surface area contributed by atoms with Crippen molar-refractivity contribution in [3.8, 4) is 57.5 Å². The van der Waals surface area contributed by atoms with E-state index in [2.05, 4.69) is 6.08 Å². The number of methoxy groups -OCH3 is 6. The molecule has 0 aliphatic carbocycles. The highest BCUT2D eigenvalue weighted by Gasteiger charge is 2.59. The summed E-state index contributed by atoms with van der Waals surface area (Å²) in [6.45, 7) is 8.87. The standard InChI is InChI=1S/C24H24O7.C24H24O6/c1-24(2)23-22(30-23)19-13(31-24)7-6-11-20(27-5)18-12-8-15(25-3)16(26-4)9-14(12)28-10-17(18)29-21(11)19;1-24(2)9-8-13-16(30-24)7-6-14-22(13)29-20-12-28-17-11-19(26-4)18(25-3)10-15(17)21(20)23(14)27-5/h6-9,17,22-23H,10H2,1-5H3;6-11,20H,12H2,1-5H3/t17-,22?,23?;20-/m11/s1. The zero-order valence-electron chi connectivity index (χ0n) is 35.8. The third-order valence-electron chi connectivity index (χ3n) is 12.1. The van der Waals surface area contributed by atoms with E-state index in [0.29, 0.717) is 47.7 Å². The van der Waals surface area contributed by atoms with E-state index in [-0.39, 0.29) is 35.6 Å². The van der Waals surface area contributed by atoms with Gasteiger partial charge < -0.3 is 61.6 Å². The molecule has 13 heteroatoms. The van der Waals surface area contributed by atoms with Crippen molar-refractivity contribution in [1.82, 2.24) is 0 Å². The first kappa shape index (κ1) is 38.8. The van der Waals surface area contributed by atoms with Crippen molar-refractivity contribution in [3.05, 3.63) is 88.0 Å². The normalized spacial score (nSPS) is 22.9. The van der Waals surface area contributed by atoms with Crippen molar-refractivity contribution in [3.63, 3.8) is 0 Å². The van der Waals surface area contributed by atoms with Crippen LogP contribution in [0.15, 0.2) is 54.6 Å². The minimum atomic E-state index is -0.367. The van der Waals surface area contributed by atoms with Crippen LogP contribution in [0.3, 0.4) is 0 Å². The molecule has 4 aromatic carbocycles. The van der Waals surface area contributed by atoms with Crippen LogP contribution >= 0.6 is 0 Å². The Morgan fingerprint density at radius 2 is 1.05 bits per heavy atom. The smallest absolute Gasteiger partial charge is 0.164 e. The highest BCUT2D eigenvalue weighted by Crippen LogP contribution is 2.60. The average Bonchev–Trinajstić information content (AvgIpc) is 4.08. The summed E-state index contributed by atoms with van der Waals surface area (Å²) >= 11 is 0. The van der Waals surface area contributed by atoms with Crippen molar-refractivity contribution in [2.24, 2.45) is 0 Å². The van der Waals surface area contributed by atoms with Crippen LogP contribution in [0.25, 0.3) is 28.7 Å². The van der Waals surface area contributed by atoms with Gasteiger partial charge in [0.05, 0.1) is 64.9 Å². The summed E-state index contributed by atoms with van der Waals surface area (Å²) in [7, 11) is 9.80. The van der Waals surface area contributed by atoms with Crippen molar-refractivity contribution in [1.29, 1.82) is 0 Å². The molecule has 0 N–H and O–H groups in total. The molecule has 1 fully saturated rings. The van der Waals surface area contributed by atoms with Gasteiger partial charge in [0.25, 0.3) is 0 Å². The Labute approximate surface area is 354 Å². The van der Waals surface area contributed by atoms with Crippen LogP contribution in [0, 0.1) is 0 Å². The lowest BCUT2D eigenvalue weighted by molar-refractivity contribution is 0.0714. The highest BCUT2D eigenvalue weighted by molar-refractivity contribution is 5.98. The molecule has 0 saturated carbocycles. The molecule has 61 heavy (non-hydrogen) atoms. The Bertz CT molecular complexity index is 2580. The van der Waals surface area contributed by atoms with Gasteiger partial charge in [0.15, 0.2) is 35.2 Å². The number of hydrogen-bond donors (Lipinski definition) is 0. The van der Waals surface area contributed by atoms with Gasteiger partial charge >= 0.3 is 0 Å². The lowest BCUT2D eigenvalue weighted by Crippen LogP contribution is -2.39. The predicted molar refractivity (Wildman–Crippen MR) is 226 cm³/mol. The molecule has 0 bridgehead atoms. The van der Waals surface area contributed by atoms with E-state index in [1.54, 1.807) is 42.7 Å². The molecule has 0 aromatic heterocycles. The van der Waals surface area contributed by atoms with E-state index in [1.165, 1.54) is 0 Å². The van der Waals surface area contributed by atoms with Gasteiger partial charge in [-0.05, 0) is 76.2 Å². The summed E-state index contributed by atoms with van der Waals surface area (Å²) in [6.07, 6.45) is 3.44. The maximum Gasteiger partial charge on any atom is 0.164 e. The maximum absolute atomic E-state index is 6.52. The number of ether oxygens (including phenoxy) is 13. The Hall–Kier alpha value is -6.34. The van der Waals surface area contributed by atoms with Gasteiger partial charge in [0, 0.05) is 34.4 Å². The van der Waals surface area contributed by atoms with E-state index in [9.17, 15) is 0 Å². The fraction of sp³-hybridized carbons (Fsp3) is 0.375. The molecule has 0 radical (unpaired) electrons. The summed E-state index contributed by atoms with van der Waals surface area (Å²) in [5, 5.41) is 0. The van der Waals surface area contributed by atoms with Crippen LogP contribution in [0.1, 0.15) is 67.2 Å². The lowest BCUT2D eigenvalue weighted by atomic mass is 9.87. The summed E-state index contributed by atoms with van der Waals surface area (Å²) in [4.78, 5) is 0. The van der Waals surface area contributed by atoms with Crippen LogP contribution in [-0.4, -0.2) is 85.4 Å². The Balaban J connectivity index is 0.000000146. The van der Waals surface area contributed by atoms with Gasteiger partial charge in [-0.3, -0.25) is 0 Å². The number of epoxide rings is 1. The second-order valence-electron chi connectivity index (χ2n) is 16.6. The number of hydrogen-bond acceptors (Lipinski definition) is 13. The van der Waals surface area contributed by atoms with Crippen molar-refractivity contribution < 1.29 is 61.6 Å². The monoisotopic (exact) mass is 832 g/mol. The minimum absolute atomic E-state index is 0.0199. The van der Waals surface area contributed by atoms with Crippen LogP contribution in [0.2, 0.25) is 0 Å². The molecule has 13 nitrogen and oxygen atoms in total. The minimum Gasteiger partial charge on any atom is -0.496 e. The second-order valence-corrected chi connectivity index (χ2v) is 16.6. The molecule has 7 aliphatic rings. The van der Waals surface area contributed by atoms with Crippen LogP contribution in [-0.2, 0) is 14.2 Å². The van der Waals surface area contributed by atoms with Gasteiger partial charge in [0.2, 0.25) is 0 Å². The van der Waals surface area contributed by atoms with Crippen molar-refractivity contribution in [2.75, 3.05) is 55.9 Å². The Morgan fingerprint density at radius 1 is 0.541 bits per heavy atom. The molecule has 0 amide bonds. The lowest BCUT2D eigenvalue weighted by Gasteiger charge is -2.37. The van der Waals surface area contributed by atoms with Crippen LogP contribution in [0.4, 0.5) is 0 Å². The van der Waals surface area contributed by atoms with Crippen molar-refractivity contribution >= 4 is 28.7 Å². The first-order chi connectivity index (χ1) is 29.4. The molecule has 11 rings (SSSR count). The Morgan fingerprint density at radius 3 is 1.59 bits per heavy atom. The molecule has 318 valence electrons. The van der Waals surface area contributed by atoms with Crippen LogP contribution < -0.4 is 47.4 Å². The molecule has 4 atom stereocenters. The molecular formula is C48H48O13. The SMILES string of the molecule is COC1=C2c3cc(OC)c(OC)cc3OC[C@H]2Oc2c1ccc1c2C2OC2C(C)(C)O1.COC1=C2c3cc(OC)c(OC)cc3OC[C@H]2Oc2c1ccc1c2C=CC(C)(C)O1. The van der Waals surface area contributed by atoms with Gasteiger partial charge in [-0.1, -0.05) is 0 Å². The van der Waals surface area contributed by atoms with Gasteiger partial charge in [-0.15, -0.1) is 0 Å². The topological polar surface area (TPSA) is 123 Å². The van der Waals surface area contributed by atoms with E-state index in [0.717, 1.165) is 79.0 Å². The fourth-order valence-corrected chi connectivity index (χ4v) is 9.15. The van der Waals surface area contributed by atoms with E-state index < -0.39 is 0 Å². The first-order valence-electron chi connectivity index (χ1n) is 20.2. The summed E-state index contributed by atoms with van der Waals surface area (Å²) < 4.78 is 77.1.